The Morgan fingerprint density at radius 1 is 1.62 bits per heavy atom. The Balaban J connectivity index is 2.50. The van der Waals surface area contributed by atoms with Crippen molar-refractivity contribution in [1.29, 1.82) is 0 Å². The molecule has 0 saturated heterocycles. The Morgan fingerprint density at radius 2 is 2.38 bits per heavy atom. The summed E-state index contributed by atoms with van der Waals surface area (Å²) in [7, 11) is 0. The van der Waals surface area contributed by atoms with Gasteiger partial charge in [0.1, 0.15) is 0 Å². The number of carbonyl (C=O) groups is 1. The third-order valence-corrected chi connectivity index (χ3v) is 1.60. The van der Waals surface area contributed by atoms with Gasteiger partial charge in [0.2, 0.25) is 5.91 Å². The fraction of sp³-hybridized carbons (Fsp3) is 0.333. The molecule has 13 heavy (non-hydrogen) atoms. The van der Waals surface area contributed by atoms with E-state index in [0.717, 1.165) is 11.4 Å². The first-order valence-electron chi connectivity index (χ1n) is 4.11. The molecule has 70 valence electrons. The number of nitrogens with zero attached hydrogens (tertiary/aromatic N) is 1. The van der Waals surface area contributed by atoms with Crippen molar-refractivity contribution in [1.82, 2.24) is 10.3 Å². The van der Waals surface area contributed by atoms with Crippen LogP contribution in [0.5, 0.6) is 0 Å². The topological polar surface area (TPSA) is 68.0 Å². The van der Waals surface area contributed by atoms with Crippen LogP contribution in [0.25, 0.3) is 0 Å². The fourth-order valence-corrected chi connectivity index (χ4v) is 0.959. The van der Waals surface area contributed by atoms with E-state index in [1.807, 2.05) is 25.1 Å². The lowest BCUT2D eigenvalue weighted by atomic mass is 10.3. The number of nitrogens with two attached hydrogens (primary N) is 1. The maximum absolute atomic E-state index is 10.8. The smallest absolute Gasteiger partial charge is 0.234 e. The highest BCUT2D eigenvalue weighted by molar-refractivity contribution is 5.77. The van der Waals surface area contributed by atoms with Gasteiger partial charge in [0.15, 0.2) is 0 Å². The number of hydrogen-bond donors (Lipinski definition) is 2. The Morgan fingerprint density at radius 3 is 3.00 bits per heavy atom. The van der Waals surface area contributed by atoms with Crippen LogP contribution in [0.15, 0.2) is 18.2 Å². The third kappa shape index (κ3) is 3.21. The number of rotatable bonds is 3. The zero-order valence-corrected chi connectivity index (χ0v) is 7.58. The van der Waals surface area contributed by atoms with E-state index in [-0.39, 0.29) is 12.5 Å². The number of nitrogens with one attached hydrogen (secondary N) is 1. The summed E-state index contributed by atoms with van der Waals surface area (Å²) in [6, 6.07) is 5.68. The molecule has 3 N–H and O–H groups in total. The first kappa shape index (κ1) is 9.67. The molecule has 1 aromatic rings. The maximum Gasteiger partial charge on any atom is 0.234 e. The Hall–Kier alpha value is -1.42. The molecule has 4 nitrogen and oxygen atoms in total. The monoisotopic (exact) mass is 179 g/mol. The zero-order valence-electron chi connectivity index (χ0n) is 7.58. The largest absolute Gasteiger partial charge is 0.349 e. The summed E-state index contributed by atoms with van der Waals surface area (Å²) in [5.74, 6) is -0.164. The molecule has 0 aliphatic rings. The molecule has 0 fully saturated rings. The highest BCUT2D eigenvalue weighted by Crippen LogP contribution is 1.96. The van der Waals surface area contributed by atoms with Gasteiger partial charge >= 0.3 is 0 Å². The lowest BCUT2D eigenvalue weighted by Gasteiger charge is -2.03. The van der Waals surface area contributed by atoms with E-state index < -0.39 is 0 Å². The van der Waals surface area contributed by atoms with Crippen molar-refractivity contribution in [2.45, 2.75) is 13.5 Å². The summed E-state index contributed by atoms with van der Waals surface area (Å²) in [4.78, 5) is 15.0. The fourth-order valence-electron chi connectivity index (χ4n) is 0.959. The molecule has 0 aromatic carbocycles. The number of amides is 1. The summed E-state index contributed by atoms with van der Waals surface area (Å²) in [5.41, 5.74) is 6.93. The number of aromatic nitrogens is 1. The minimum absolute atomic E-state index is 0.0197. The molecule has 4 heteroatoms. The van der Waals surface area contributed by atoms with E-state index >= 15 is 0 Å². The second-order valence-corrected chi connectivity index (χ2v) is 2.75. The highest BCUT2D eigenvalue weighted by atomic mass is 16.1. The molecular weight excluding hydrogens is 166 g/mol. The van der Waals surface area contributed by atoms with Crippen molar-refractivity contribution in [3.63, 3.8) is 0 Å². The Kier molecular flexibility index (Phi) is 3.40. The maximum atomic E-state index is 10.8. The van der Waals surface area contributed by atoms with Gasteiger partial charge in [0, 0.05) is 5.69 Å². The van der Waals surface area contributed by atoms with Gasteiger partial charge in [-0.2, -0.15) is 0 Å². The predicted molar refractivity (Wildman–Crippen MR) is 49.9 cm³/mol. The van der Waals surface area contributed by atoms with Crippen LogP contribution in [0.3, 0.4) is 0 Å². The average Bonchev–Trinajstić information content (AvgIpc) is 2.14. The van der Waals surface area contributed by atoms with Crippen molar-refractivity contribution in [3.8, 4) is 0 Å². The SMILES string of the molecule is Cc1cccc(CNC(=O)CN)n1. The zero-order chi connectivity index (χ0) is 9.68. The molecule has 0 radical (unpaired) electrons. The van der Waals surface area contributed by atoms with Crippen LogP contribution in [-0.4, -0.2) is 17.4 Å². The molecule has 0 spiro atoms. The summed E-state index contributed by atoms with van der Waals surface area (Å²) in [6.07, 6.45) is 0. The van der Waals surface area contributed by atoms with Crippen molar-refractivity contribution in [2.75, 3.05) is 6.54 Å². The van der Waals surface area contributed by atoms with Crippen LogP contribution >= 0.6 is 0 Å². The summed E-state index contributed by atoms with van der Waals surface area (Å²) in [6.45, 7) is 2.37. The first-order valence-corrected chi connectivity index (χ1v) is 4.11. The number of carbonyl (C=O) groups excluding carboxylic acids is 1. The quantitative estimate of drug-likeness (QED) is 0.684. The van der Waals surface area contributed by atoms with Crippen molar-refractivity contribution in [2.24, 2.45) is 5.73 Å². The van der Waals surface area contributed by atoms with Gasteiger partial charge in [0.25, 0.3) is 0 Å². The molecular formula is C9H13N3O. The number of aryl methyl sites for hydroxylation is 1. The van der Waals surface area contributed by atoms with Crippen LogP contribution in [0, 0.1) is 6.92 Å². The minimum atomic E-state index is -0.164. The Labute approximate surface area is 77.2 Å². The van der Waals surface area contributed by atoms with Gasteiger partial charge in [-0.3, -0.25) is 9.78 Å². The van der Waals surface area contributed by atoms with E-state index in [4.69, 9.17) is 5.73 Å². The van der Waals surface area contributed by atoms with Gasteiger partial charge in [0.05, 0.1) is 18.8 Å². The Bertz CT molecular complexity index is 299. The standard InChI is InChI=1S/C9H13N3O/c1-7-3-2-4-8(12-7)6-11-9(13)5-10/h2-4H,5-6,10H2,1H3,(H,11,13). The number of hydrogen-bond acceptors (Lipinski definition) is 3. The minimum Gasteiger partial charge on any atom is -0.349 e. The molecule has 1 amide bonds. The molecule has 0 bridgehead atoms. The second-order valence-electron chi connectivity index (χ2n) is 2.75. The van der Waals surface area contributed by atoms with Gasteiger partial charge in [-0.1, -0.05) is 6.07 Å². The molecule has 1 heterocycles. The van der Waals surface area contributed by atoms with E-state index in [1.54, 1.807) is 0 Å². The van der Waals surface area contributed by atoms with Crippen LogP contribution in [0.4, 0.5) is 0 Å². The van der Waals surface area contributed by atoms with Gasteiger partial charge in [-0.05, 0) is 19.1 Å². The van der Waals surface area contributed by atoms with Crippen LogP contribution in [0.1, 0.15) is 11.4 Å². The van der Waals surface area contributed by atoms with E-state index in [1.165, 1.54) is 0 Å². The van der Waals surface area contributed by atoms with E-state index in [0.29, 0.717) is 6.54 Å². The molecule has 0 aliphatic heterocycles. The average molecular weight is 179 g/mol. The summed E-state index contributed by atoms with van der Waals surface area (Å²) < 4.78 is 0. The van der Waals surface area contributed by atoms with Crippen molar-refractivity contribution >= 4 is 5.91 Å². The number of pyridine rings is 1. The van der Waals surface area contributed by atoms with Crippen LogP contribution < -0.4 is 11.1 Å². The lowest BCUT2D eigenvalue weighted by Crippen LogP contribution is -2.29. The molecule has 0 saturated carbocycles. The second kappa shape index (κ2) is 4.57. The van der Waals surface area contributed by atoms with Crippen LogP contribution in [0.2, 0.25) is 0 Å². The van der Waals surface area contributed by atoms with Crippen molar-refractivity contribution in [3.05, 3.63) is 29.6 Å². The van der Waals surface area contributed by atoms with E-state index in [2.05, 4.69) is 10.3 Å². The van der Waals surface area contributed by atoms with Gasteiger partial charge in [-0.15, -0.1) is 0 Å². The molecule has 0 atom stereocenters. The lowest BCUT2D eigenvalue weighted by molar-refractivity contribution is -0.119. The summed E-state index contributed by atoms with van der Waals surface area (Å²) >= 11 is 0. The normalized spacial score (nSPS) is 9.69. The third-order valence-electron chi connectivity index (χ3n) is 1.60. The van der Waals surface area contributed by atoms with Gasteiger partial charge in [-0.25, -0.2) is 0 Å². The molecule has 0 aliphatic carbocycles. The molecule has 0 unspecified atom stereocenters. The van der Waals surface area contributed by atoms with E-state index in [9.17, 15) is 4.79 Å². The molecule has 1 rings (SSSR count). The van der Waals surface area contributed by atoms with Crippen LogP contribution in [-0.2, 0) is 11.3 Å². The molecule has 1 aromatic heterocycles. The first-order chi connectivity index (χ1) is 6.22. The predicted octanol–water partition coefficient (Wildman–Crippen LogP) is -0.0351. The highest BCUT2D eigenvalue weighted by Gasteiger charge is 1.98. The van der Waals surface area contributed by atoms with Gasteiger partial charge < -0.3 is 11.1 Å². The van der Waals surface area contributed by atoms with Crippen molar-refractivity contribution < 1.29 is 4.79 Å². The summed E-state index contributed by atoms with van der Waals surface area (Å²) in [5, 5.41) is 2.65.